The molecule has 0 saturated carbocycles. The fourth-order valence-corrected chi connectivity index (χ4v) is 6.11. The summed E-state index contributed by atoms with van der Waals surface area (Å²) >= 11 is 0. The molecule has 0 aliphatic carbocycles. The summed E-state index contributed by atoms with van der Waals surface area (Å²) in [5, 5.41) is 44.2. The van der Waals surface area contributed by atoms with E-state index < -0.39 is 43.4 Å². The maximum absolute atomic E-state index is 12.0. The monoisotopic (exact) mass is 779 g/mol. The molecule has 0 radical (unpaired) electrons. The van der Waals surface area contributed by atoms with E-state index in [0.29, 0.717) is 59.0 Å². The Morgan fingerprint density at radius 3 is 1.70 bits per heavy atom. The van der Waals surface area contributed by atoms with Crippen molar-refractivity contribution in [3.63, 3.8) is 0 Å². The van der Waals surface area contributed by atoms with Crippen LogP contribution in [0.4, 0.5) is 4.79 Å². The Balaban J connectivity index is 1.76. The standard InChI is InChI=1S/C40H78N2O12/c1-2-3-4-5-6-7-8-9-10-11-12-13-14-15-16-20-25-49-26-21-27-53-40(48)42-23-19-17-18-22-35(44)41-24-28-50-29-30-51-31-32-52-39-38(47)37(46)36(45)34(33-43)54-39/h34,36-39,43,45-47H,2-33H2,1H3,(H,41,44)(H,42,48). The van der Waals surface area contributed by atoms with Crippen LogP contribution in [0.2, 0.25) is 0 Å². The van der Waals surface area contributed by atoms with Crippen molar-refractivity contribution in [1.82, 2.24) is 10.6 Å². The van der Waals surface area contributed by atoms with E-state index in [2.05, 4.69) is 17.6 Å². The van der Waals surface area contributed by atoms with Crippen molar-refractivity contribution in [2.75, 3.05) is 72.6 Å². The molecule has 5 atom stereocenters. The number of unbranched alkanes of at least 4 members (excludes halogenated alkanes) is 17. The summed E-state index contributed by atoms with van der Waals surface area (Å²) in [6.45, 7) is 5.55. The number of alkyl carbamates (subject to hydrolysis) is 1. The minimum atomic E-state index is -1.49. The third kappa shape index (κ3) is 28.7. The van der Waals surface area contributed by atoms with Crippen molar-refractivity contribution in [2.45, 2.75) is 172 Å². The summed E-state index contributed by atoms with van der Waals surface area (Å²) in [5.74, 6) is -0.0513. The molecule has 0 aromatic heterocycles. The van der Waals surface area contributed by atoms with Gasteiger partial charge in [0, 0.05) is 39.1 Å². The highest BCUT2D eigenvalue weighted by Crippen LogP contribution is 2.22. The lowest BCUT2D eigenvalue weighted by Gasteiger charge is -2.39. The van der Waals surface area contributed by atoms with E-state index in [9.17, 15) is 30.0 Å². The van der Waals surface area contributed by atoms with Crippen LogP contribution < -0.4 is 10.6 Å². The molecule has 320 valence electrons. The van der Waals surface area contributed by atoms with Gasteiger partial charge in [-0.1, -0.05) is 110 Å². The normalized spacial score (nSPS) is 19.9. The quantitative estimate of drug-likeness (QED) is 0.0465. The number of ether oxygens (including phenoxy) is 6. The number of amides is 2. The first-order chi connectivity index (χ1) is 26.4. The molecule has 1 aliphatic rings. The van der Waals surface area contributed by atoms with Crippen LogP contribution in [0.3, 0.4) is 0 Å². The van der Waals surface area contributed by atoms with E-state index in [1.54, 1.807) is 0 Å². The highest BCUT2D eigenvalue weighted by molar-refractivity contribution is 5.75. The minimum Gasteiger partial charge on any atom is -0.449 e. The number of carbonyl (C=O) groups is 2. The molecule has 1 heterocycles. The Kier molecular flexibility index (Phi) is 34.5. The Labute approximate surface area is 325 Å². The van der Waals surface area contributed by atoms with Crippen LogP contribution in [-0.4, -0.2) is 136 Å². The Morgan fingerprint density at radius 1 is 0.537 bits per heavy atom. The molecule has 14 heteroatoms. The predicted octanol–water partition coefficient (Wildman–Crippen LogP) is 4.91. The summed E-state index contributed by atoms with van der Waals surface area (Å²) < 4.78 is 32.3. The molecule has 6 N–H and O–H groups in total. The van der Waals surface area contributed by atoms with E-state index >= 15 is 0 Å². The van der Waals surface area contributed by atoms with E-state index in [0.717, 1.165) is 32.3 Å². The van der Waals surface area contributed by atoms with E-state index in [-0.39, 0.29) is 19.1 Å². The molecule has 54 heavy (non-hydrogen) atoms. The Morgan fingerprint density at radius 2 is 1.07 bits per heavy atom. The number of carbonyl (C=O) groups excluding carboxylic acids is 2. The van der Waals surface area contributed by atoms with Gasteiger partial charge in [0.2, 0.25) is 5.91 Å². The van der Waals surface area contributed by atoms with Crippen LogP contribution >= 0.6 is 0 Å². The third-order valence-corrected chi connectivity index (χ3v) is 9.46. The van der Waals surface area contributed by atoms with Gasteiger partial charge in [0.25, 0.3) is 0 Å². The number of nitrogens with one attached hydrogen (secondary N) is 2. The molecule has 0 bridgehead atoms. The minimum absolute atomic E-state index is 0.0513. The van der Waals surface area contributed by atoms with Crippen molar-refractivity contribution < 1.29 is 58.4 Å². The molecule has 1 fully saturated rings. The molecular weight excluding hydrogens is 700 g/mol. The molecule has 0 spiro atoms. The van der Waals surface area contributed by atoms with E-state index in [1.165, 1.54) is 96.3 Å². The zero-order valence-electron chi connectivity index (χ0n) is 33.6. The average molecular weight is 779 g/mol. The van der Waals surface area contributed by atoms with Gasteiger partial charge in [-0.2, -0.15) is 0 Å². The molecule has 1 saturated heterocycles. The second-order valence-corrected chi connectivity index (χ2v) is 14.3. The van der Waals surface area contributed by atoms with E-state index in [4.69, 9.17) is 28.4 Å². The molecule has 5 unspecified atom stereocenters. The SMILES string of the molecule is CCCCCCCCCCCCCCCCCCOCCCOC(=O)NCCCCCC(=O)NCCOCCOCCOC1OC(CO)C(O)C(O)C1O. The fourth-order valence-electron chi connectivity index (χ4n) is 6.11. The van der Waals surface area contributed by atoms with Gasteiger partial charge in [0.15, 0.2) is 6.29 Å². The smallest absolute Gasteiger partial charge is 0.407 e. The number of hydrogen-bond acceptors (Lipinski definition) is 12. The van der Waals surface area contributed by atoms with Gasteiger partial charge in [-0.15, -0.1) is 0 Å². The lowest BCUT2D eigenvalue weighted by Crippen LogP contribution is -2.59. The van der Waals surface area contributed by atoms with Gasteiger partial charge in [0.1, 0.15) is 24.4 Å². The lowest BCUT2D eigenvalue weighted by molar-refractivity contribution is -0.302. The van der Waals surface area contributed by atoms with Gasteiger partial charge in [0.05, 0.1) is 46.2 Å². The van der Waals surface area contributed by atoms with E-state index in [1.807, 2.05) is 0 Å². The first kappa shape index (κ1) is 50.4. The zero-order chi connectivity index (χ0) is 39.3. The molecule has 0 aromatic carbocycles. The topological polar surface area (TPSA) is 194 Å². The van der Waals surface area contributed by atoms with Gasteiger partial charge >= 0.3 is 6.09 Å². The lowest BCUT2D eigenvalue weighted by atomic mass is 9.99. The van der Waals surface area contributed by atoms with Crippen LogP contribution in [0.25, 0.3) is 0 Å². The second-order valence-electron chi connectivity index (χ2n) is 14.3. The zero-order valence-corrected chi connectivity index (χ0v) is 33.6. The maximum Gasteiger partial charge on any atom is 0.407 e. The van der Waals surface area contributed by atoms with Gasteiger partial charge in [-0.05, 0) is 19.3 Å². The number of rotatable bonds is 38. The molecule has 0 aromatic rings. The van der Waals surface area contributed by atoms with Gasteiger partial charge in [-0.25, -0.2) is 4.79 Å². The van der Waals surface area contributed by atoms with Crippen LogP contribution in [0.5, 0.6) is 0 Å². The van der Waals surface area contributed by atoms with Crippen LogP contribution in [0.1, 0.15) is 142 Å². The summed E-state index contributed by atoms with van der Waals surface area (Å²) in [7, 11) is 0. The van der Waals surface area contributed by atoms with Crippen LogP contribution in [-0.2, 0) is 33.2 Å². The van der Waals surface area contributed by atoms with Crippen LogP contribution in [0.15, 0.2) is 0 Å². The maximum atomic E-state index is 12.0. The average Bonchev–Trinajstić information content (AvgIpc) is 3.17. The molecular formula is C40H78N2O12. The van der Waals surface area contributed by atoms with Crippen molar-refractivity contribution in [2.24, 2.45) is 0 Å². The number of hydrogen-bond donors (Lipinski definition) is 6. The number of aliphatic hydroxyl groups is 4. The van der Waals surface area contributed by atoms with Crippen molar-refractivity contribution in [1.29, 1.82) is 0 Å². The number of aliphatic hydroxyl groups excluding tert-OH is 4. The largest absolute Gasteiger partial charge is 0.449 e. The van der Waals surface area contributed by atoms with Crippen molar-refractivity contribution in [3.8, 4) is 0 Å². The molecule has 1 aliphatic heterocycles. The van der Waals surface area contributed by atoms with Gasteiger partial charge in [-0.3, -0.25) is 4.79 Å². The summed E-state index contributed by atoms with van der Waals surface area (Å²) in [4.78, 5) is 23.9. The highest BCUT2D eigenvalue weighted by atomic mass is 16.7. The highest BCUT2D eigenvalue weighted by Gasteiger charge is 2.43. The first-order valence-electron chi connectivity index (χ1n) is 21.2. The summed E-state index contributed by atoms with van der Waals surface area (Å²) in [6.07, 6.45) is 18.1. The second kappa shape index (κ2) is 37.0. The Bertz CT molecular complexity index is 856. The fraction of sp³-hybridized carbons (Fsp3) is 0.950. The summed E-state index contributed by atoms with van der Waals surface area (Å²) in [5.41, 5.74) is 0. The first-order valence-corrected chi connectivity index (χ1v) is 21.2. The Hall–Kier alpha value is -1.62. The van der Waals surface area contributed by atoms with Crippen LogP contribution in [0, 0.1) is 0 Å². The van der Waals surface area contributed by atoms with Crippen molar-refractivity contribution >= 4 is 12.0 Å². The van der Waals surface area contributed by atoms with Crippen molar-refractivity contribution in [3.05, 3.63) is 0 Å². The molecule has 2 amide bonds. The summed E-state index contributed by atoms with van der Waals surface area (Å²) in [6, 6.07) is 0. The van der Waals surface area contributed by atoms with Gasteiger partial charge < -0.3 is 59.5 Å². The molecule has 14 nitrogen and oxygen atoms in total. The third-order valence-electron chi connectivity index (χ3n) is 9.46. The predicted molar refractivity (Wildman–Crippen MR) is 207 cm³/mol. The molecule has 1 rings (SSSR count).